The first-order chi connectivity index (χ1) is 9.51. The summed E-state index contributed by atoms with van der Waals surface area (Å²) in [7, 11) is 0. The molecular formula is C9H7Br2N5O3S. The number of hydrazine groups is 1. The van der Waals surface area contributed by atoms with E-state index in [0.29, 0.717) is 24.8 Å². The molecule has 0 aliphatic carbocycles. The lowest BCUT2D eigenvalue weighted by atomic mass is 10.3. The number of hydrogen-bond donors (Lipinski definition) is 2. The van der Waals surface area contributed by atoms with Crippen LogP contribution in [0.3, 0.4) is 0 Å². The summed E-state index contributed by atoms with van der Waals surface area (Å²) >= 11 is 7.72. The second kappa shape index (κ2) is 6.43. The van der Waals surface area contributed by atoms with Gasteiger partial charge in [0.15, 0.2) is 5.01 Å². The lowest BCUT2D eigenvalue weighted by Crippen LogP contribution is -2.05. The minimum atomic E-state index is -0.483. The summed E-state index contributed by atoms with van der Waals surface area (Å²) in [4.78, 5) is 10.2. The summed E-state index contributed by atoms with van der Waals surface area (Å²) in [6, 6.07) is 2.74. The third-order valence-electron chi connectivity index (χ3n) is 2.12. The van der Waals surface area contributed by atoms with E-state index in [-0.39, 0.29) is 12.3 Å². The number of benzene rings is 1. The van der Waals surface area contributed by atoms with Crippen molar-refractivity contribution < 1.29 is 9.66 Å². The molecule has 1 heterocycles. The lowest BCUT2D eigenvalue weighted by Gasteiger charge is -2.08. The molecule has 0 atom stereocenters. The first-order valence-corrected chi connectivity index (χ1v) is 7.46. The molecule has 0 saturated heterocycles. The molecule has 0 spiro atoms. The van der Waals surface area contributed by atoms with E-state index in [9.17, 15) is 10.1 Å². The van der Waals surface area contributed by atoms with E-state index in [4.69, 9.17) is 10.6 Å². The molecule has 0 unspecified atom stereocenters. The number of nitrogens with two attached hydrogens (primary N) is 1. The van der Waals surface area contributed by atoms with Crippen LogP contribution < -0.4 is 16.0 Å². The van der Waals surface area contributed by atoms with Crippen LogP contribution in [0.2, 0.25) is 0 Å². The fourth-order valence-corrected chi connectivity index (χ4v) is 3.25. The number of anilines is 1. The fraction of sp³-hybridized carbons (Fsp3) is 0.111. The molecular weight excluding hydrogens is 418 g/mol. The van der Waals surface area contributed by atoms with Crippen molar-refractivity contribution in [2.75, 3.05) is 5.43 Å². The summed E-state index contributed by atoms with van der Waals surface area (Å²) in [5.41, 5.74) is 2.34. The Bertz CT molecular complexity index is 627. The number of rotatable bonds is 5. The van der Waals surface area contributed by atoms with Crippen molar-refractivity contribution in [3.63, 3.8) is 0 Å². The van der Waals surface area contributed by atoms with Crippen LogP contribution in [0.15, 0.2) is 21.1 Å². The third-order valence-corrected chi connectivity index (χ3v) is 4.13. The topological polar surface area (TPSA) is 116 Å². The van der Waals surface area contributed by atoms with Crippen LogP contribution in [-0.2, 0) is 6.61 Å². The average molecular weight is 425 g/mol. The standard InChI is InChI=1S/C9H7Br2N5O3S/c10-5-1-4(16(17)18)2-6(11)8(5)19-3-7-14-15-9(13-12)20-7/h1-2H,3,12H2,(H,13,15). The number of halogens is 2. The van der Waals surface area contributed by atoms with E-state index in [1.165, 1.54) is 23.5 Å². The third kappa shape index (κ3) is 3.42. The number of non-ortho nitro benzene ring substituents is 1. The largest absolute Gasteiger partial charge is 0.484 e. The molecule has 2 aromatic rings. The molecule has 0 amide bonds. The fourth-order valence-electron chi connectivity index (χ4n) is 1.29. The van der Waals surface area contributed by atoms with Gasteiger partial charge in [-0.25, -0.2) is 5.84 Å². The normalized spacial score (nSPS) is 10.3. The molecule has 0 saturated carbocycles. The Morgan fingerprint density at radius 1 is 1.40 bits per heavy atom. The van der Waals surface area contributed by atoms with Crippen LogP contribution in [0.4, 0.5) is 10.8 Å². The van der Waals surface area contributed by atoms with Gasteiger partial charge in [-0.1, -0.05) is 11.3 Å². The van der Waals surface area contributed by atoms with Crippen LogP contribution >= 0.6 is 43.2 Å². The highest BCUT2D eigenvalue weighted by Crippen LogP contribution is 2.37. The van der Waals surface area contributed by atoms with Crippen LogP contribution in [0.5, 0.6) is 5.75 Å². The molecule has 0 fully saturated rings. The molecule has 11 heteroatoms. The number of nitro groups is 1. The maximum absolute atomic E-state index is 10.7. The molecule has 1 aromatic carbocycles. The highest BCUT2D eigenvalue weighted by atomic mass is 79.9. The smallest absolute Gasteiger partial charge is 0.271 e. The summed E-state index contributed by atoms with van der Waals surface area (Å²) in [6.45, 7) is 0.175. The molecule has 0 bridgehead atoms. The Kier molecular flexibility index (Phi) is 4.86. The van der Waals surface area contributed by atoms with Crippen LogP contribution in [0, 0.1) is 10.1 Å². The van der Waals surface area contributed by atoms with E-state index < -0.39 is 4.92 Å². The van der Waals surface area contributed by atoms with Gasteiger partial charge in [-0.15, -0.1) is 10.2 Å². The average Bonchev–Trinajstić information content (AvgIpc) is 2.85. The Morgan fingerprint density at radius 3 is 2.55 bits per heavy atom. The van der Waals surface area contributed by atoms with Crippen molar-refractivity contribution in [2.24, 2.45) is 5.84 Å². The molecule has 0 aliphatic heterocycles. The molecule has 8 nitrogen and oxygen atoms in total. The van der Waals surface area contributed by atoms with E-state index in [1.54, 1.807) is 0 Å². The summed E-state index contributed by atoms with van der Waals surface area (Å²) < 4.78 is 6.51. The first kappa shape index (κ1) is 15.1. The van der Waals surface area contributed by atoms with E-state index in [1.807, 2.05) is 0 Å². The molecule has 106 valence electrons. The van der Waals surface area contributed by atoms with Gasteiger partial charge in [0.25, 0.3) is 5.69 Å². The van der Waals surface area contributed by atoms with Gasteiger partial charge in [0.05, 0.1) is 13.9 Å². The van der Waals surface area contributed by atoms with Gasteiger partial charge in [0.1, 0.15) is 12.4 Å². The SMILES string of the molecule is NNc1nnc(COc2c(Br)cc([N+](=O)[O-])cc2Br)s1. The second-order valence-corrected chi connectivity index (χ2v) is 6.20. The molecule has 0 radical (unpaired) electrons. The molecule has 0 aliphatic rings. The zero-order chi connectivity index (χ0) is 14.7. The lowest BCUT2D eigenvalue weighted by molar-refractivity contribution is -0.385. The maximum Gasteiger partial charge on any atom is 0.271 e. The minimum Gasteiger partial charge on any atom is -0.484 e. The van der Waals surface area contributed by atoms with Crippen molar-refractivity contribution in [1.29, 1.82) is 0 Å². The van der Waals surface area contributed by atoms with Gasteiger partial charge >= 0.3 is 0 Å². The first-order valence-electron chi connectivity index (χ1n) is 5.06. The number of aromatic nitrogens is 2. The maximum atomic E-state index is 10.7. The van der Waals surface area contributed by atoms with Gasteiger partial charge in [0.2, 0.25) is 5.13 Å². The number of nitrogen functional groups attached to an aromatic ring is 1. The quantitative estimate of drug-likeness (QED) is 0.430. The number of nitrogens with one attached hydrogen (secondary N) is 1. The summed E-state index contributed by atoms with van der Waals surface area (Å²) in [5, 5.41) is 19.5. The number of nitrogens with zero attached hydrogens (tertiary/aromatic N) is 3. The Balaban J connectivity index is 2.15. The Hall–Kier alpha value is -1.30. The van der Waals surface area contributed by atoms with Gasteiger partial charge in [0, 0.05) is 12.1 Å². The molecule has 3 N–H and O–H groups in total. The highest BCUT2D eigenvalue weighted by molar-refractivity contribution is 9.11. The highest BCUT2D eigenvalue weighted by Gasteiger charge is 2.15. The molecule has 2 rings (SSSR count). The molecule has 1 aromatic heterocycles. The summed E-state index contributed by atoms with van der Waals surface area (Å²) in [6.07, 6.45) is 0. The van der Waals surface area contributed by atoms with Crippen molar-refractivity contribution >= 4 is 54.0 Å². The zero-order valence-corrected chi connectivity index (χ0v) is 13.7. The van der Waals surface area contributed by atoms with Gasteiger partial charge < -0.3 is 4.74 Å². The Labute approximate surface area is 133 Å². The van der Waals surface area contributed by atoms with Gasteiger partial charge in [-0.2, -0.15) is 0 Å². The number of nitro benzene ring substituents is 1. The summed E-state index contributed by atoms with van der Waals surface area (Å²) in [5.74, 6) is 5.65. The van der Waals surface area contributed by atoms with Crippen molar-refractivity contribution in [3.05, 3.63) is 36.2 Å². The van der Waals surface area contributed by atoms with E-state index in [0.717, 1.165) is 0 Å². The number of hydrogen-bond acceptors (Lipinski definition) is 8. The predicted molar refractivity (Wildman–Crippen MR) is 80.5 cm³/mol. The van der Waals surface area contributed by atoms with Crippen molar-refractivity contribution in [3.8, 4) is 5.75 Å². The van der Waals surface area contributed by atoms with Crippen LogP contribution in [0.1, 0.15) is 5.01 Å². The van der Waals surface area contributed by atoms with Crippen molar-refractivity contribution in [1.82, 2.24) is 10.2 Å². The van der Waals surface area contributed by atoms with Crippen LogP contribution in [-0.4, -0.2) is 15.1 Å². The predicted octanol–water partition coefficient (Wildman–Crippen LogP) is 2.84. The zero-order valence-electron chi connectivity index (χ0n) is 9.67. The second-order valence-electron chi connectivity index (χ2n) is 3.43. The Morgan fingerprint density at radius 2 is 2.05 bits per heavy atom. The molecule has 20 heavy (non-hydrogen) atoms. The van der Waals surface area contributed by atoms with E-state index in [2.05, 4.69) is 47.5 Å². The van der Waals surface area contributed by atoms with Gasteiger partial charge in [-0.3, -0.25) is 15.5 Å². The van der Waals surface area contributed by atoms with Gasteiger partial charge in [-0.05, 0) is 31.9 Å². The van der Waals surface area contributed by atoms with Crippen molar-refractivity contribution in [2.45, 2.75) is 6.61 Å². The minimum absolute atomic E-state index is 0.0402. The monoisotopic (exact) mass is 423 g/mol. The van der Waals surface area contributed by atoms with E-state index >= 15 is 0 Å². The number of ether oxygens (including phenoxy) is 1. The van der Waals surface area contributed by atoms with Crippen LogP contribution in [0.25, 0.3) is 0 Å².